The second-order valence-corrected chi connectivity index (χ2v) is 5.92. The van der Waals surface area contributed by atoms with Crippen molar-refractivity contribution in [3.05, 3.63) is 29.8 Å². The first kappa shape index (κ1) is 14.4. The number of carbonyl (C=O) groups is 1. The molecule has 0 heterocycles. The van der Waals surface area contributed by atoms with E-state index in [9.17, 15) is 4.79 Å². The number of benzene rings is 1. The summed E-state index contributed by atoms with van der Waals surface area (Å²) < 4.78 is 0. The monoisotopic (exact) mass is 278 g/mol. The first-order valence-corrected chi connectivity index (χ1v) is 8.08. The van der Waals surface area contributed by atoms with Crippen molar-refractivity contribution in [1.82, 2.24) is 10.6 Å². The fraction of sp³-hybridized carbons (Fsp3) is 0.533. The van der Waals surface area contributed by atoms with E-state index in [0.29, 0.717) is 12.5 Å². The van der Waals surface area contributed by atoms with Crippen LogP contribution in [0.3, 0.4) is 0 Å². The standard InChI is InChI=1S/C15H22N2OS/c1-11(12-3-7-14(19-2)8-4-12)16-10-9-15(18)17-13-5-6-13/h3-4,7-8,11,13,16H,5-6,9-10H2,1-2H3,(H,17,18). The molecule has 1 amide bonds. The van der Waals surface area contributed by atoms with Crippen molar-refractivity contribution < 1.29 is 4.79 Å². The van der Waals surface area contributed by atoms with Gasteiger partial charge < -0.3 is 10.6 Å². The van der Waals surface area contributed by atoms with Gasteiger partial charge in [-0.25, -0.2) is 0 Å². The molecule has 1 aliphatic rings. The van der Waals surface area contributed by atoms with Crippen LogP contribution in [0.4, 0.5) is 0 Å². The van der Waals surface area contributed by atoms with Gasteiger partial charge in [-0.3, -0.25) is 4.79 Å². The van der Waals surface area contributed by atoms with Crippen molar-refractivity contribution >= 4 is 17.7 Å². The molecular formula is C15H22N2OS. The molecule has 19 heavy (non-hydrogen) atoms. The van der Waals surface area contributed by atoms with Gasteiger partial charge in [0, 0.05) is 29.9 Å². The van der Waals surface area contributed by atoms with Gasteiger partial charge in [-0.05, 0) is 43.7 Å². The van der Waals surface area contributed by atoms with E-state index in [1.165, 1.54) is 10.5 Å². The smallest absolute Gasteiger partial charge is 0.221 e. The van der Waals surface area contributed by atoms with Crippen LogP contribution >= 0.6 is 11.8 Å². The van der Waals surface area contributed by atoms with Crippen molar-refractivity contribution in [3.8, 4) is 0 Å². The van der Waals surface area contributed by atoms with Crippen LogP contribution in [-0.4, -0.2) is 24.7 Å². The van der Waals surface area contributed by atoms with Gasteiger partial charge in [0.2, 0.25) is 5.91 Å². The summed E-state index contributed by atoms with van der Waals surface area (Å²) in [5.74, 6) is 0.167. The summed E-state index contributed by atoms with van der Waals surface area (Å²) in [4.78, 5) is 12.8. The second kappa shape index (κ2) is 6.96. The van der Waals surface area contributed by atoms with Gasteiger partial charge in [-0.2, -0.15) is 0 Å². The Balaban J connectivity index is 1.70. The Hall–Kier alpha value is -1.00. The van der Waals surface area contributed by atoms with E-state index < -0.39 is 0 Å². The van der Waals surface area contributed by atoms with Crippen LogP contribution in [0.5, 0.6) is 0 Å². The first-order valence-electron chi connectivity index (χ1n) is 6.85. The Morgan fingerprint density at radius 3 is 2.63 bits per heavy atom. The molecule has 0 aliphatic heterocycles. The van der Waals surface area contributed by atoms with E-state index in [1.54, 1.807) is 11.8 Å². The number of carbonyl (C=O) groups excluding carboxylic acids is 1. The topological polar surface area (TPSA) is 41.1 Å². The molecule has 0 aromatic heterocycles. The molecule has 0 saturated heterocycles. The highest BCUT2D eigenvalue weighted by molar-refractivity contribution is 7.98. The molecule has 0 radical (unpaired) electrons. The summed E-state index contributed by atoms with van der Waals surface area (Å²) >= 11 is 1.75. The van der Waals surface area contributed by atoms with E-state index in [2.05, 4.69) is 48.1 Å². The van der Waals surface area contributed by atoms with Crippen LogP contribution in [0.2, 0.25) is 0 Å². The summed E-state index contributed by atoms with van der Waals surface area (Å²) in [6.07, 6.45) is 4.94. The highest BCUT2D eigenvalue weighted by Crippen LogP contribution is 2.19. The van der Waals surface area contributed by atoms with Gasteiger partial charge >= 0.3 is 0 Å². The molecule has 2 rings (SSSR count). The zero-order chi connectivity index (χ0) is 13.7. The Morgan fingerprint density at radius 1 is 1.37 bits per heavy atom. The van der Waals surface area contributed by atoms with Crippen molar-refractivity contribution in [2.24, 2.45) is 0 Å². The molecule has 1 aliphatic carbocycles. The van der Waals surface area contributed by atoms with Gasteiger partial charge in [-0.15, -0.1) is 11.8 Å². The zero-order valence-corrected chi connectivity index (χ0v) is 12.4. The highest BCUT2D eigenvalue weighted by Gasteiger charge is 2.22. The minimum atomic E-state index is 0.167. The normalized spacial score (nSPS) is 16.1. The maximum Gasteiger partial charge on any atom is 0.221 e. The lowest BCUT2D eigenvalue weighted by Crippen LogP contribution is -2.30. The summed E-state index contributed by atoms with van der Waals surface area (Å²) in [5.41, 5.74) is 1.26. The van der Waals surface area contributed by atoms with E-state index in [0.717, 1.165) is 19.4 Å². The van der Waals surface area contributed by atoms with Crippen LogP contribution in [0.15, 0.2) is 29.2 Å². The molecular weight excluding hydrogens is 256 g/mol. The molecule has 3 nitrogen and oxygen atoms in total. The lowest BCUT2D eigenvalue weighted by Gasteiger charge is -2.14. The van der Waals surface area contributed by atoms with Gasteiger partial charge in [0.1, 0.15) is 0 Å². The number of thioether (sulfide) groups is 1. The zero-order valence-electron chi connectivity index (χ0n) is 11.6. The molecule has 104 valence electrons. The van der Waals surface area contributed by atoms with E-state index in [4.69, 9.17) is 0 Å². The molecule has 1 aromatic carbocycles. The van der Waals surface area contributed by atoms with Crippen LogP contribution in [-0.2, 0) is 4.79 Å². The third kappa shape index (κ3) is 4.88. The maximum absolute atomic E-state index is 11.5. The van der Waals surface area contributed by atoms with Crippen LogP contribution in [0, 0.1) is 0 Å². The van der Waals surface area contributed by atoms with Crippen LogP contribution in [0.25, 0.3) is 0 Å². The van der Waals surface area contributed by atoms with Crippen molar-refractivity contribution in [1.29, 1.82) is 0 Å². The van der Waals surface area contributed by atoms with Crippen molar-refractivity contribution in [2.45, 2.75) is 43.2 Å². The van der Waals surface area contributed by atoms with Gasteiger partial charge in [-0.1, -0.05) is 12.1 Å². The van der Waals surface area contributed by atoms with Gasteiger partial charge in [0.05, 0.1) is 0 Å². The minimum Gasteiger partial charge on any atom is -0.353 e. The quantitative estimate of drug-likeness (QED) is 0.754. The lowest BCUT2D eigenvalue weighted by atomic mass is 10.1. The Kier molecular flexibility index (Phi) is 5.28. The third-order valence-corrected chi connectivity index (χ3v) is 4.10. The predicted octanol–water partition coefficient (Wildman–Crippen LogP) is 2.73. The number of amides is 1. The number of hydrogen-bond donors (Lipinski definition) is 2. The van der Waals surface area contributed by atoms with Gasteiger partial charge in [0.25, 0.3) is 0 Å². The molecule has 1 unspecified atom stereocenters. The van der Waals surface area contributed by atoms with Crippen LogP contribution in [0.1, 0.15) is 37.8 Å². The van der Waals surface area contributed by atoms with E-state index in [-0.39, 0.29) is 11.9 Å². The Labute approximate surface area is 119 Å². The second-order valence-electron chi connectivity index (χ2n) is 5.04. The summed E-state index contributed by atoms with van der Waals surface area (Å²) in [7, 11) is 0. The average molecular weight is 278 g/mol. The SMILES string of the molecule is CSc1ccc(C(C)NCCC(=O)NC2CC2)cc1. The molecule has 1 atom stereocenters. The van der Waals surface area contributed by atoms with Gasteiger partial charge in [0.15, 0.2) is 0 Å². The van der Waals surface area contributed by atoms with Crippen LogP contribution < -0.4 is 10.6 Å². The highest BCUT2D eigenvalue weighted by atomic mass is 32.2. The molecule has 1 aromatic rings. The summed E-state index contributed by atoms with van der Waals surface area (Å²) in [6, 6.07) is 9.31. The molecule has 0 spiro atoms. The summed E-state index contributed by atoms with van der Waals surface area (Å²) in [6.45, 7) is 2.86. The molecule has 0 bridgehead atoms. The minimum absolute atomic E-state index is 0.167. The molecule has 2 N–H and O–H groups in total. The van der Waals surface area contributed by atoms with E-state index in [1.807, 2.05) is 0 Å². The Bertz CT molecular complexity index is 415. The van der Waals surface area contributed by atoms with Crippen molar-refractivity contribution in [2.75, 3.05) is 12.8 Å². The first-order chi connectivity index (χ1) is 9.19. The molecule has 1 saturated carbocycles. The number of hydrogen-bond acceptors (Lipinski definition) is 3. The fourth-order valence-electron chi connectivity index (χ4n) is 1.94. The average Bonchev–Trinajstić information content (AvgIpc) is 3.22. The fourth-order valence-corrected chi connectivity index (χ4v) is 2.35. The number of nitrogens with one attached hydrogen (secondary N) is 2. The number of rotatable bonds is 7. The molecule has 1 fully saturated rings. The third-order valence-electron chi connectivity index (χ3n) is 3.36. The predicted molar refractivity (Wildman–Crippen MR) is 80.4 cm³/mol. The lowest BCUT2D eigenvalue weighted by molar-refractivity contribution is -0.121. The maximum atomic E-state index is 11.5. The summed E-state index contributed by atoms with van der Waals surface area (Å²) in [5, 5.41) is 6.39. The Morgan fingerprint density at radius 2 is 2.05 bits per heavy atom. The van der Waals surface area contributed by atoms with Crippen molar-refractivity contribution in [3.63, 3.8) is 0 Å². The largest absolute Gasteiger partial charge is 0.353 e. The molecule has 4 heteroatoms. The van der Waals surface area contributed by atoms with E-state index >= 15 is 0 Å².